The Balaban J connectivity index is 2.10. The fourth-order valence-corrected chi connectivity index (χ4v) is 2.44. The van der Waals surface area contributed by atoms with Crippen molar-refractivity contribution in [3.63, 3.8) is 0 Å². The summed E-state index contributed by atoms with van der Waals surface area (Å²) < 4.78 is 0. The van der Waals surface area contributed by atoms with Crippen LogP contribution in [0.5, 0.6) is 17.2 Å². The van der Waals surface area contributed by atoms with Gasteiger partial charge in [-0.1, -0.05) is 58.3 Å². The van der Waals surface area contributed by atoms with Gasteiger partial charge in [-0.25, -0.2) is 0 Å². The van der Waals surface area contributed by atoms with E-state index >= 15 is 0 Å². The quantitative estimate of drug-likeness (QED) is 0.423. The number of hydrogen-bond acceptors (Lipinski definition) is 3. The number of phenols is 3. The molecule has 0 bridgehead atoms. The van der Waals surface area contributed by atoms with Crippen LogP contribution in [0.25, 0.3) is 0 Å². The Morgan fingerprint density at radius 3 is 1.65 bits per heavy atom. The molecule has 3 heteroatoms. The minimum Gasteiger partial charge on any atom is -0.504 e. The number of hydrogen-bond donors (Lipinski definition) is 3. The van der Waals surface area contributed by atoms with Crippen molar-refractivity contribution < 1.29 is 15.3 Å². The highest BCUT2D eigenvalue weighted by Crippen LogP contribution is 2.35. The smallest absolute Gasteiger partial charge is 0.200 e. The molecule has 1 rings (SSSR count). The van der Waals surface area contributed by atoms with E-state index in [1.165, 1.54) is 63.5 Å². The summed E-state index contributed by atoms with van der Waals surface area (Å²) in [5, 5.41) is 28.1. The first-order chi connectivity index (χ1) is 9.65. The molecule has 1 aromatic rings. The molecule has 0 saturated carbocycles. The van der Waals surface area contributed by atoms with Crippen molar-refractivity contribution in [2.45, 2.75) is 71.1 Å². The zero-order chi connectivity index (χ0) is 14.8. The van der Waals surface area contributed by atoms with Gasteiger partial charge in [-0.2, -0.15) is 0 Å². The van der Waals surface area contributed by atoms with Crippen LogP contribution in [0.15, 0.2) is 12.1 Å². The van der Waals surface area contributed by atoms with E-state index in [2.05, 4.69) is 6.92 Å². The van der Waals surface area contributed by atoms with E-state index in [9.17, 15) is 15.3 Å². The van der Waals surface area contributed by atoms with Gasteiger partial charge in [0.2, 0.25) is 0 Å². The summed E-state index contributed by atoms with van der Waals surface area (Å²) in [5.41, 5.74) is 0.876. The molecule has 114 valence electrons. The molecule has 20 heavy (non-hydrogen) atoms. The van der Waals surface area contributed by atoms with E-state index in [1.54, 1.807) is 0 Å². The third kappa shape index (κ3) is 6.18. The monoisotopic (exact) mass is 280 g/mol. The molecule has 0 spiro atoms. The van der Waals surface area contributed by atoms with Crippen LogP contribution in [0.2, 0.25) is 0 Å². The van der Waals surface area contributed by atoms with Gasteiger partial charge in [-0.05, 0) is 30.5 Å². The van der Waals surface area contributed by atoms with Crippen LogP contribution < -0.4 is 0 Å². The minimum absolute atomic E-state index is 0.240. The minimum atomic E-state index is -0.430. The molecule has 0 amide bonds. The predicted molar refractivity (Wildman–Crippen MR) is 82.4 cm³/mol. The first-order valence-corrected chi connectivity index (χ1v) is 7.89. The van der Waals surface area contributed by atoms with Crippen LogP contribution in [0.4, 0.5) is 0 Å². The fraction of sp³-hybridized carbons (Fsp3) is 0.647. The summed E-state index contributed by atoms with van der Waals surface area (Å²) in [7, 11) is 0. The summed E-state index contributed by atoms with van der Waals surface area (Å²) >= 11 is 0. The summed E-state index contributed by atoms with van der Waals surface area (Å²) in [5.74, 6) is -0.910. The maximum Gasteiger partial charge on any atom is 0.200 e. The van der Waals surface area contributed by atoms with E-state index in [-0.39, 0.29) is 11.5 Å². The van der Waals surface area contributed by atoms with Crippen LogP contribution in [0.3, 0.4) is 0 Å². The van der Waals surface area contributed by atoms with Crippen molar-refractivity contribution in [3.8, 4) is 17.2 Å². The topological polar surface area (TPSA) is 60.7 Å². The van der Waals surface area contributed by atoms with Crippen molar-refractivity contribution in [1.29, 1.82) is 0 Å². The number of unbranched alkanes of at least 4 members (excludes halogenated alkanes) is 8. The summed E-state index contributed by atoms with van der Waals surface area (Å²) in [4.78, 5) is 0. The Morgan fingerprint density at radius 1 is 0.700 bits per heavy atom. The molecule has 0 aliphatic heterocycles. The van der Waals surface area contributed by atoms with Gasteiger partial charge in [-0.3, -0.25) is 0 Å². The van der Waals surface area contributed by atoms with Gasteiger partial charge in [0, 0.05) is 0 Å². The molecule has 0 aromatic heterocycles. The fourth-order valence-electron chi connectivity index (χ4n) is 2.44. The molecule has 0 radical (unpaired) electrons. The van der Waals surface area contributed by atoms with Gasteiger partial charge in [0.25, 0.3) is 0 Å². The third-order valence-corrected chi connectivity index (χ3v) is 3.70. The van der Waals surface area contributed by atoms with E-state index in [0.717, 1.165) is 18.4 Å². The lowest BCUT2D eigenvalue weighted by molar-refractivity contribution is 0.367. The molecule has 0 atom stereocenters. The molecule has 0 aliphatic rings. The molecule has 0 heterocycles. The number of benzene rings is 1. The Kier molecular flexibility index (Phi) is 7.93. The van der Waals surface area contributed by atoms with E-state index in [1.807, 2.05) is 0 Å². The summed E-state index contributed by atoms with van der Waals surface area (Å²) in [6.07, 6.45) is 12.3. The zero-order valence-corrected chi connectivity index (χ0v) is 12.6. The van der Waals surface area contributed by atoms with Gasteiger partial charge < -0.3 is 15.3 Å². The van der Waals surface area contributed by atoms with Crippen LogP contribution in [-0.2, 0) is 6.42 Å². The lowest BCUT2D eigenvalue weighted by Gasteiger charge is -2.06. The molecule has 0 saturated heterocycles. The zero-order valence-electron chi connectivity index (χ0n) is 12.6. The van der Waals surface area contributed by atoms with Crippen LogP contribution in [-0.4, -0.2) is 15.3 Å². The summed E-state index contributed by atoms with van der Waals surface area (Å²) in [6, 6.07) is 3.06. The lowest BCUT2D eigenvalue weighted by Crippen LogP contribution is -1.87. The Bertz CT molecular complexity index is 365. The van der Waals surface area contributed by atoms with Crippen molar-refractivity contribution >= 4 is 0 Å². The largest absolute Gasteiger partial charge is 0.504 e. The normalized spacial score (nSPS) is 10.8. The highest BCUT2D eigenvalue weighted by Gasteiger charge is 2.07. The number of phenolic OH excluding ortho intramolecular Hbond substituents is 3. The van der Waals surface area contributed by atoms with Crippen molar-refractivity contribution in [1.82, 2.24) is 0 Å². The molecular formula is C17H28O3. The molecule has 0 aliphatic carbocycles. The molecule has 1 aromatic carbocycles. The number of aromatic hydroxyl groups is 3. The SMILES string of the molecule is CCCCCCCCCCCc1cc(O)c(O)c(O)c1. The van der Waals surface area contributed by atoms with Gasteiger partial charge in [0.1, 0.15) is 0 Å². The average Bonchev–Trinajstić information content (AvgIpc) is 2.43. The maximum absolute atomic E-state index is 9.41. The van der Waals surface area contributed by atoms with E-state index < -0.39 is 5.75 Å². The Labute approximate surface area is 122 Å². The van der Waals surface area contributed by atoms with Crippen molar-refractivity contribution in [2.75, 3.05) is 0 Å². The van der Waals surface area contributed by atoms with Crippen molar-refractivity contribution in [3.05, 3.63) is 17.7 Å². The number of rotatable bonds is 10. The second-order valence-electron chi connectivity index (χ2n) is 5.56. The van der Waals surface area contributed by atoms with Crippen molar-refractivity contribution in [2.24, 2.45) is 0 Å². The number of aryl methyl sites for hydroxylation is 1. The van der Waals surface area contributed by atoms with Gasteiger partial charge in [-0.15, -0.1) is 0 Å². The van der Waals surface area contributed by atoms with Gasteiger partial charge in [0.05, 0.1) is 0 Å². The molecular weight excluding hydrogens is 252 g/mol. The molecule has 3 nitrogen and oxygen atoms in total. The molecule has 3 N–H and O–H groups in total. The highest BCUT2D eigenvalue weighted by molar-refractivity contribution is 5.51. The van der Waals surface area contributed by atoms with Crippen LogP contribution >= 0.6 is 0 Å². The van der Waals surface area contributed by atoms with Gasteiger partial charge >= 0.3 is 0 Å². The second kappa shape index (κ2) is 9.51. The highest BCUT2D eigenvalue weighted by atomic mass is 16.3. The van der Waals surface area contributed by atoms with Crippen LogP contribution in [0, 0.1) is 0 Å². The van der Waals surface area contributed by atoms with Crippen LogP contribution in [0.1, 0.15) is 70.3 Å². The Morgan fingerprint density at radius 2 is 1.15 bits per heavy atom. The first-order valence-electron chi connectivity index (χ1n) is 7.89. The lowest BCUT2D eigenvalue weighted by atomic mass is 10.0. The molecule has 0 fully saturated rings. The standard InChI is InChI=1S/C17H28O3/c1-2-3-4-5-6-7-8-9-10-11-14-12-15(18)17(20)16(19)13-14/h12-13,18-20H,2-11H2,1H3. The maximum atomic E-state index is 9.41. The van der Waals surface area contributed by atoms with Gasteiger partial charge in [0.15, 0.2) is 17.2 Å². The third-order valence-electron chi connectivity index (χ3n) is 3.70. The predicted octanol–water partition coefficient (Wildman–Crippen LogP) is 4.88. The molecule has 0 unspecified atom stereocenters. The van der Waals surface area contributed by atoms with E-state index in [0.29, 0.717) is 0 Å². The van der Waals surface area contributed by atoms with E-state index in [4.69, 9.17) is 0 Å². The average molecular weight is 280 g/mol. The second-order valence-corrected chi connectivity index (χ2v) is 5.56. The summed E-state index contributed by atoms with van der Waals surface area (Å²) in [6.45, 7) is 2.24. The Hall–Kier alpha value is -1.38. The first kappa shape index (κ1) is 16.7.